The first-order valence-electron chi connectivity index (χ1n) is 8.64. The van der Waals surface area contributed by atoms with Gasteiger partial charge in [-0.15, -0.1) is 0 Å². The van der Waals surface area contributed by atoms with E-state index in [1.807, 2.05) is 24.3 Å². The zero-order valence-electron chi connectivity index (χ0n) is 14.3. The number of piperidine rings is 1. The first-order valence-corrected chi connectivity index (χ1v) is 8.64. The van der Waals surface area contributed by atoms with E-state index < -0.39 is 6.03 Å². The maximum absolute atomic E-state index is 12.2. The van der Waals surface area contributed by atoms with Crippen LogP contribution in [0.2, 0.25) is 0 Å². The van der Waals surface area contributed by atoms with Gasteiger partial charge in [0.15, 0.2) is 0 Å². The van der Waals surface area contributed by atoms with Crippen LogP contribution in [-0.2, 0) is 11.2 Å². The van der Waals surface area contributed by atoms with Crippen molar-refractivity contribution in [3.63, 3.8) is 0 Å². The fraction of sp³-hybridized carbons (Fsp3) is 0.556. The third-order valence-electron chi connectivity index (χ3n) is 4.21. The molecule has 3 amide bonds. The summed E-state index contributed by atoms with van der Waals surface area (Å²) < 4.78 is 5.55. The van der Waals surface area contributed by atoms with Crippen LogP contribution in [0.15, 0.2) is 24.3 Å². The molecule has 2 rings (SSSR count). The van der Waals surface area contributed by atoms with Crippen molar-refractivity contribution in [1.82, 2.24) is 10.2 Å². The minimum absolute atomic E-state index is 0.00356. The van der Waals surface area contributed by atoms with Crippen molar-refractivity contribution < 1.29 is 14.3 Å². The number of primary amides is 1. The van der Waals surface area contributed by atoms with Crippen molar-refractivity contribution in [2.75, 3.05) is 26.2 Å². The molecule has 3 N–H and O–H groups in total. The fourth-order valence-corrected chi connectivity index (χ4v) is 2.84. The molecule has 0 radical (unpaired) electrons. The first kappa shape index (κ1) is 18.1. The highest BCUT2D eigenvalue weighted by molar-refractivity contribution is 5.80. The van der Waals surface area contributed by atoms with Crippen molar-refractivity contribution in [3.05, 3.63) is 29.8 Å². The summed E-state index contributed by atoms with van der Waals surface area (Å²) in [4.78, 5) is 25.0. The number of benzene rings is 1. The fourth-order valence-electron chi connectivity index (χ4n) is 2.84. The maximum atomic E-state index is 12.2. The molecule has 1 saturated heterocycles. The number of urea groups is 1. The summed E-state index contributed by atoms with van der Waals surface area (Å²) in [5, 5.41) is 2.96. The SMILES string of the molecule is CCCOc1ccc(CCNC(=O)[C@H]2CCCN(C(N)=O)C2)cc1. The number of nitrogens with one attached hydrogen (secondary N) is 1. The number of hydrogen-bond donors (Lipinski definition) is 2. The van der Waals surface area contributed by atoms with Gasteiger partial charge in [0.05, 0.1) is 12.5 Å². The normalized spacial score (nSPS) is 17.4. The van der Waals surface area contributed by atoms with E-state index in [0.717, 1.165) is 43.6 Å². The van der Waals surface area contributed by atoms with Crippen molar-refractivity contribution in [2.45, 2.75) is 32.6 Å². The van der Waals surface area contributed by atoms with Crippen LogP contribution in [0.25, 0.3) is 0 Å². The van der Waals surface area contributed by atoms with Gasteiger partial charge in [-0.05, 0) is 43.4 Å². The molecular weight excluding hydrogens is 306 g/mol. The van der Waals surface area contributed by atoms with Crippen molar-refractivity contribution in [2.24, 2.45) is 11.7 Å². The molecule has 0 aromatic heterocycles. The number of carbonyl (C=O) groups excluding carboxylic acids is 2. The van der Waals surface area contributed by atoms with Gasteiger partial charge in [0, 0.05) is 19.6 Å². The summed E-state index contributed by atoms with van der Waals surface area (Å²) >= 11 is 0. The van der Waals surface area contributed by atoms with Gasteiger partial charge >= 0.3 is 6.03 Å². The second-order valence-corrected chi connectivity index (χ2v) is 6.16. The molecule has 132 valence electrons. The molecule has 1 aromatic carbocycles. The quantitative estimate of drug-likeness (QED) is 0.799. The molecule has 1 aliphatic rings. The Hall–Kier alpha value is -2.24. The minimum atomic E-state index is -0.446. The van der Waals surface area contributed by atoms with Crippen LogP contribution >= 0.6 is 0 Å². The van der Waals surface area contributed by atoms with E-state index in [1.54, 1.807) is 4.90 Å². The van der Waals surface area contributed by atoms with E-state index in [2.05, 4.69) is 12.2 Å². The number of carbonyl (C=O) groups is 2. The van der Waals surface area contributed by atoms with Gasteiger partial charge in [-0.1, -0.05) is 19.1 Å². The molecule has 0 aliphatic carbocycles. The Balaban J connectivity index is 1.73. The van der Waals surface area contributed by atoms with Gasteiger partial charge < -0.3 is 20.7 Å². The van der Waals surface area contributed by atoms with Gasteiger partial charge in [-0.25, -0.2) is 4.79 Å². The molecule has 1 atom stereocenters. The molecule has 0 saturated carbocycles. The zero-order valence-corrected chi connectivity index (χ0v) is 14.3. The van der Waals surface area contributed by atoms with Crippen LogP contribution in [0.5, 0.6) is 5.75 Å². The third-order valence-corrected chi connectivity index (χ3v) is 4.21. The number of rotatable bonds is 7. The van der Waals surface area contributed by atoms with Gasteiger partial charge in [0.25, 0.3) is 0 Å². The highest BCUT2D eigenvalue weighted by Crippen LogP contribution is 2.16. The molecule has 24 heavy (non-hydrogen) atoms. The summed E-state index contributed by atoms with van der Waals surface area (Å²) in [5.41, 5.74) is 6.45. The van der Waals surface area contributed by atoms with Crippen LogP contribution in [0.1, 0.15) is 31.7 Å². The lowest BCUT2D eigenvalue weighted by Gasteiger charge is -2.30. The second kappa shape index (κ2) is 9.15. The monoisotopic (exact) mass is 333 g/mol. The van der Waals surface area contributed by atoms with Crippen LogP contribution in [-0.4, -0.2) is 43.1 Å². The lowest BCUT2D eigenvalue weighted by Crippen LogP contribution is -2.47. The second-order valence-electron chi connectivity index (χ2n) is 6.16. The van der Waals surface area contributed by atoms with E-state index in [9.17, 15) is 9.59 Å². The molecule has 6 nitrogen and oxygen atoms in total. The minimum Gasteiger partial charge on any atom is -0.494 e. The molecule has 1 fully saturated rings. The van der Waals surface area contributed by atoms with Crippen LogP contribution in [0.4, 0.5) is 4.79 Å². The smallest absolute Gasteiger partial charge is 0.314 e. The van der Waals surface area contributed by atoms with Crippen LogP contribution in [0, 0.1) is 5.92 Å². The predicted octanol–water partition coefficient (Wildman–Crippen LogP) is 1.92. The molecule has 1 aromatic rings. The number of amides is 3. The molecule has 0 unspecified atom stereocenters. The Morgan fingerprint density at radius 1 is 1.33 bits per heavy atom. The average molecular weight is 333 g/mol. The molecule has 6 heteroatoms. The standard InChI is InChI=1S/C18H27N3O3/c1-2-12-24-16-7-5-14(6-8-16)9-10-20-17(22)15-4-3-11-21(13-15)18(19)23/h5-8,15H,2-4,9-13H2,1H3,(H2,19,23)(H,20,22)/t15-/m0/s1. The highest BCUT2D eigenvalue weighted by Gasteiger charge is 2.27. The number of nitrogens with two attached hydrogens (primary N) is 1. The summed E-state index contributed by atoms with van der Waals surface area (Å²) in [7, 11) is 0. The van der Waals surface area contributed by atoms with Crippen molar-refractivity contribution in [3.8, 4) is 5.75 Å². The maximum Gasteiger partial charge on any atom is 0.314 e. The molecule has 0 bridgehead atoms. The number of hydrogen-bond acceptors (Lipinski definition) is 3. The van der Waals surface area contributed by atoms with Gasteiger partial charge in [0.2, 0.25) is 5.91 Å². The predicted molar refractivity (Wildman–Crippen MR) is 92.8 cm³/mol. The number of ether oxygens (including phenoxy) is 1. The van der Waals surface area contributed by atoms with Crippen molar-refractivity contribution in [1.29, 1.82) is 0 Å². The topological polar surface area (TPSA) is 84.7 Å². The van der Waals surface area contributed by atoms with Crippen molar-refractivity contribution >= 4 is 11.9 Å². The molecule has 0 spiro atoms. The Morgan fingerprint density at radius 3 is 2.75 bits per heavy atom. The zero-order chi connectivity index (χ0) is 17.4. The summed E-state index contributed by atoms with van der Waals surface area (Å²) in [6.07, 6.45) is 3.38. The van der Waals surface area contributed by atoms with E-state index in [-0.39, 0.29) is 11.8 Å². The van der Waals surface area contributed by atoms with E-state index >= 15 is 0 Å². The summed E-state index contributed by atoms with van der Waals surface area (Å²) in [5.74, 6) is 0.721. The van der Waals surface area contributed by atoms with Gasteiger partial charge in [-0.3, -0.25) is 4.79 Å². The van der Waals surface area contributed by atoms with E-state index in [0.29, 0.717) is 19.6 Å². The Labute approximate surface area is 143 Å². The van der Waals surface area contributed by atoms with E-state index in [1.165, 1.54) is 0 Å². The molecule has 1 aliphatic heterocycles. The Bertz CT molecular complexity index is 545. The molecular formula is C18H27N3O3. The lowest BCUT2D eigenvalue weighted by atomic mass is 9.97. The summed E-state index contributed by atoms with van der Waals surface area (Å²) in [6.45, 7) is 4.45. The Morgan fingerprint density at radius 2 is 2.08 bits per heavy atom. The number of nitrogens with zero attached hydrogens (tertiary/aromatic N) is 1. The third kappa shape index (κ3) is 5.44. The van der Waals surface area contributed by atoms with E-state index in [4.69, 9.17) is 10.5 Å². The van der Waals surface area contributed by atoms with Crippen LogP contribution < -0.4 is 15.8 Å². The number of likely N-dealkylation sites (tertiary alicyclic amines) is 1. The highest BCUT2D eigenvalue weighted by atomic mass is 16.5. The largest absolute Gasteiger partial charge is 0.494 e. The first-order chi connectivity index (χ1) is 11.6. The van der Waals surface area contributed by atoms with Gasteiger partial charge in [0.1, 0.15) is 5.75 Å². The van der Waals surface area contributed by atoms with Crippen LogP contribution in [0.3, 0.4) is 0 Å². The summed E-state index contributed by atoms with van der Waals surface area (Å²) in [6, 6.07) is 7.51. The molecule has 1 heterocycles. The average Bonchev–Trinajstić information content (AvgIpc) is 2.61. The van der Waals surface area contributed by atoms with Gasteiger partial charge in [-0.2, -0.15) is 0 Å². The Kier molecular flexibility index (Phi) is 6.90. The lowest BCUT2D eigenvalue weighted by molar-refractivity contribution is -0.126.